The van der Waals surface area contributed by atoms with E-state index < -0.39 is 0 Å². The van der Waals surface area contributed by atoms with Crippen molar-refractivity contribution in [3.63, 3.8) is 0 Å². The van der Waals surface area contributed by atoms with Gasteiger partial charge in [-0.2, -0.15) is 0 Å². The van der Waals surface area contributed by atoms with Crippen molar-refractivity contribution in [2.45, 2.75) is 26.8 Å². The molecule has 0 saturated heterocycles. The van der Waals surface area contributed by atoms with Crippen LogP contribution in [0.1, 0.15) is 42.1 Å². The van der Waals surface area contributed by atoms with Crippen molar-refractivity contribution in [3.05, 3.63) is 107 Å². The SMILES string of the molecule is CC(=NC(=NC(C)c1ccccc1)c1ccccc1)c1ccc(C)cc1. The second kappa shape index (κ2) is 8.39. The smallest absolute Gasteiger partial charge is 0.155 e. The average Bonchev–Trinajstić information content (AvgIpc) is 2.69. The number of hydrogen-bond donors (Lipinski definition) is 0. The molecule has 0 aliphatic carbocycles. The summed E-state index contributed by atoms with van der Waals surface area (Å²) in [5, 5.41) is 0. The molecule has 1 unspecified atom stereocenters. The third kappa shape index (κ3) is 4.54. The van der Waals surface area contributed by atoms with Gasteiger partial charge in [0.2, 0.25) is 0 Å². The highest BCUT2D eigenvalue weighted by Gasteiger charge is 2.08. The predicted octanol–water partition coefficient (Wildman–Crippen LogP) is 6.01. The van der Waals surface area contributed by atoms with Crippen LogP contribution in [0.15, 0.2) is 94.9 Å². The Balaban J connectivity index is 2.00. The molecule has 26 heavy (non-hydrogen) atoms. The predicted molar refractivity (Wildman–Crippen MR) is 111 cm³/mol. The summed E-state index contributed by atoms with van der Waals surface area (Å²) in [4.78, 5) is 9.81. The third-order valence-electron chi connectivity index (χ3n) is 4.37. The fourth-order valence-electron chi connectivity index (χ4n) is 2.76. The van der Waals surface area contributed by atoms with Gasteiger partial charge in [-0.05, 0) is 31.9 Å². The first-order chi connectivity index (χ1) is 12.6. The number of benzene rings is 3. The third-order valence-corrected chi connectivity index (χ3v) is 4.37. The minimum atomic E-state index is 0.0426. The summed E-state index contributed by atoms with van der Waals surface area (Å²) in [6, 6.07) is 29.0. The summed E-state index contributed by atoms with van der Waals surface area (Å²) >= 11 is 0. The first-order valence-corrected chi connectivity index (χ1v) is 8.94. The molecule has 1 atom stereocenters. The van der Waals surface area contributed by atoms with Crippen LogP contribution >= 0.6 is 0 Å². The van der Waals surface area contributed by atoms with E-state index in [9.17, 15) is 0 Å². The zero-order valence-corrected chi connectivity index (χ0v) is 15.6. The highest BCUT2D eigenvalue weighted by molar-refractivity contribution is 6.11. The summed E-state index contributed by atoms with van der Waals surface area (Å²) in [6.07, 6.45) is 0. The van der Waals surface area contributed by atoms with Crippen LogP contribution in [0.3, 0.4) is 0 Å². The van der Waals surface area contributed by atoms with Gasteiger partial charge in [0.1, 0.15) is 0 Å². The van der Waals surface area contributed by atoms with Crippen molar-refractivity contribution in [2.24, 2.45) is 9.98 Å². The van der Waals surface area contributed by atoms with Gasteiger partial charge in [0.25, 0.3) is 0 Å². The van der Waals surface area contributed by atoms with Crippen molar-refractivity contribution < 1.29 is 0 Å². The average molecular weight is 340 g/mol. The minimum Gasteiger partial charge on any atom is -0.258 e. The second-order valence-corrected chi connectivity index (χ2v) is 6.47. The van der Waals surface area contributed by atoms with E-state index in [-0.39, 0.29) is 6.04 Å². The Morgan fingerprint density at radius 1 is 0.731 bits per heavy atom. The molecule has 0 aliphatic heterocycles. The maximum absolute atomic E-state index is 4.93. The standard InChI is InChI=1S/C24H24N2/c1-18-14-16-22(17-15-18)20(3)26-24(23-12-8-5-9-13-23)25-19(2)21-10-6-4-7-11-21/h4-17,19H,1-3H3. The van der Waals surface area contributed by atoms with Crippen molar-refractivity contribution >= 4 is 11.5 Å². The van der Waals surface area contributed by atoms with Gasteiger partial charge in [0, 0.05) is 11.3 Å². The van der Waals surface area contributed by atoms with Crippen LogP contribution < -0.4 is 0 Å². The molecule has 0 radical (unpaired) electrons. The summed E-state index contributed by atoms with van der Waals surface area (Å²) in [5.74, 6) is 0.764. The molecule has 0 fully saturated rings. The van der Waals surface area contributed by atoms with E-state index in [0.29, 0.717) is 0 Å². The number of hydrogen-bond acceptors (Lipinski definition) is 1. The van der Waals surface area contributed by atoms with E-state index in [0.717, 1.165) is 22.7 Å². The molecular weight excluding hydrogens is 316 g/mol. The Hall–Kier alpha value is -3.00. The molecule has 130 valence electrons. The fourth-order valence-corrected chi connectivity index (χ4v) is 2.76. The van der Waals surface area contributed by atoms with Crippen LogP contribution in [-0.4, -0.2) is 11.5 Å². The van der Waals surface area contributed by atoms with Crippen LogP contribution in [0, 0.1) is 6.92 Å². The molecule has 2 heteroatoms. The van der Waals surface area contributed by atoms with Crippen LogP contribution in [0.4, 0.5) is 0 Å². The zero-order valence-electron chi connectivity index (χ0n) is 15.6. The van der Waals surface area contributed by atoms with Crippen molar-refractivity contribution in [1.29, 1.82) is 0 Å². The lowest BCUT2D eigenvalue weighted by atomic mass is 10.1. The summed E-state index contributed by atoms with van der Waals surface area (Å²) in [6.45, 7) is 6.24. The Bertz CT molecular complexity index is 892. The highest BCUT2D eigenvalue weighted by atomic mass is 14.9. The van der Waals surface area contributed by atoms with Crippen molar-refractivity contribution in [2.75, 3.05) is 0 Å². The molecule has 0 spiro atoms. The summed E-state index contributed by atoms with van der Waals surface area (Å²) in [5.41, 5.74) is 5.54. The van der Waals surface area contributed by atoms with Gasteiger partial charge in [0.05, 0.1) is 6.04 Å². The number of aliphatic imine (C=N–C) groups is 2. The van der Waals surface area contributed by atoms with E-state index in [4.69, 9.17) is 9.98 Å². The largest absolute Gasteiger partial charge is 0.258 e. The molecular formula is C24H24N2. The molecule has 0 amide bonds. The van der Waals surface area contributed by atoms with Crippen LogP contribution in [0.5, 0.6) is 0 Å². The first-order valence-electron chi connectivity index (χ1n) is 8.94. The number of amidine groups is 1. The monoisotopic (exact) mass is 340 g/mol. The number of aryl methyl sites for hydroxylation is 1. The fraction of sp³-hybridized carbons (Fsp3) is 0.167. The molecule has 3 aromatic carbocycles. The molecule has 3 rings (SSSR count). The zero-order chi connectivity index (χ0) is 18.4. The van der Waals surface area contributed by atoms with Crippen molar-refractivity contribution in [1.82, 2.24) is 0 Å². The highest BCUT2D eigenvalue weighted by Crippen LogP contribution is 2.18. The van der Waals surface area contributed by atoms with Gasteiger partial charge < -0.3 is 0 Å². The Kier molecular flexibility index (Phi) is 5.75. The van der Waals surface area contributed by atoms with Gasteiger partial charge >= 0.3 is 0 Å². The van der Waals surface area contributed by atoms with E-state index in [1.165, 1.54) is 11.1 Å². The van der Waals surface area contributed by atoms with E-state index in [2.05, 4.69) is 62.4 Å². The van der Waals surface area contributed by atoms with E-state index in [1.807, 2.05) is 43.3 Å². The molecule has 0 saturated carbocycles. The number of rotatable bonds is 4. The second-order valence-electron chi connectivity index (χ2n) is 6.47. The quantitative estimate of drug-likeness (QED) is 0.410. The van der Waals surface area contributed by atoms with Crippen LogP contribution in [0.2, 0.25) is 0 Å². The van der Waals surface area contributed by atoms with Gasteiger partial charge in [-0.1, -0.05) is 90.5 Å². The summed E-state index contributed by atoms with van der Waals surface area (Å²) < 4.78 is 0. The molecule has 0 N–H and O–H groups in total. The van der Waals surface area contributed by atoms with Crippen LogP contribution in [-0.2, 0) is 0 Å². The van der Waals surface area contributed by atoms with Gasteiger partial charge in [0.15, 0.2) is 5.84 Å². The molecule has 2 nitrogen and oxygen atoms in total. The molecule has 0 bridgehead atoms. The summed E-state index contributed by atoms with van der Waals surface area (Å²) in [7, 11) is 0. The lowest BCUT2D eigenvalue weighted by molar-refractivity contribution is 0.818. The van der Waals surface area contributed by atoms with Gasteiger partial charge in [-0.25, -0.2) is 4.99 Å². The normalized spacial score (nSPS) is 13.5. The minimum absolute atomic E-state index is 0.0426. The maximum Gasteiger partial charge on any atom is 0.155 e. The molecule has 0 aliphatic rings. The maximum atomic E-state index is 4.93. The van der Waals surface area contributed by atoms with Crippen LogP contribution in [0.25, 0.3) is 0 Å². The van der Waals surface area contributed by atoms with E-state index in [1.54, 1.807) is 0 Å². The Morgan fingerprint density at radius 3 is 1.92 bits per heavy atom. The van der Waals surface area contributed by atoms with Gasteiger partial charge in [-0.15, -0.1) is 0 Å². The molecule has 3 aromatic rings. The van der Waals surface area contributed by atoms with E-state index >= 15 is 0 Å². The molecule has 0 aromatic heterocycles. The molecule has 0 heterocycles. The Morgan fingerprint density at radius 2 is 1.31 bits per heavy atom. The number of nitrogens with zero attached hydrogens (tertiary/aromatic N) is 2. The van der Waals surface area contributed by atoms with Crippen molar-refractivity contribution in [3.8, 4) is 0 Å². The lowest BCUT2D eigenvalue weighted by Gasteiger charge is -2.10. The Labute approximate surface area is 156 Å². The first kappa shape index (κ1) is 17.8. The topological polar surface area (TPSA) is 24.7 Å². The van der Waals surface area contributed by atoms with Gasteiger partial charge in [-0.3, -0.25) is 4.99 Å². The lowest BCUT2D eigenvalue weighted by Crippen LogP contribution is -2.05.